The van der Waals surface area contributed by atoms with Gasteiger partial charge in [-0.15, -0.1) is 0 Å². The average Bonchev–Trinajstić information content (AvgIpc) is 3.30. The van der Waals surface area contributed by atoms with Crippen LogP contribution in [0.4, 0.5) is 4.39 Å². The highest BCUT2D eigenvalue weighted by Gasteiger charge is 2.46. The first kappa shape index (κ1) is 24.9. The minimum Gasteiger partial charge on any atom is -0.494 e. The van der Waals surface area contributed by atoms with Gasteiger partial charge in [0.25, 0.3) is 11.8 Å². The monoisotopic (exact) mass is 493 g/mol. The van der Waals surface area contributed by atoms with E-state index in [0.717, 1.165) is 16.9 Å². The second kappa shape index (κ2) is 10.2. The number of halogens is 1. The van der Waals surface area contributed by atoms with Gasteiger partial charge in [-0.2, -0.15) is 5.10 Å². The summed E-state index contributed by atoms with van der Waals surface area (Å²) in [6, 6.07) is 14.6. The number of carbonyl (C=O) groups excluding carboxylic acids is 3. The fourth-order valence-corrected chi connectivity index (χ4v) is 3.96. The van der Waals surface area contributed by atoms with Gasteiger partial charge in [0.1, 0.15) is 22.8 Å². The molecule has 0 fully saturated rings. The summed E-state index contributed by atoms with van der Waals surface area (Å²) in [6.45, 7) is 4.66. The highest BCUT2D eigenvalue weighted by molar-refractivity contribution is 6.01. The smallest absolute Gasteiger partial charge is 0.272 e. The largest absolute Gasteiger partial charge is 0.494 e. The number of hydrogen-bond donors (Lipinski definition) is 2. The summed E-state index contributed by atoms with van der Waals surface area (Å²) in [5.74, 6) is -0.838. The Balaban J connectivity index is 1.43. The number of likely N-dealkylation sites (N-methyl/N-ethyl adjacent to an activating group) is 1. The van der Waals surface area contributed by atoms with Crippen molar-refractivity contribution in [2.45, 2.75) is 39.0 Å². The van der Waals surface area contributed by atoms with Crippen LogP contribution in [0, 0.1) is 5.82 Å². The SMILES string of the molecule is CCOc1ccc(CNC(=O)c2cc3n(n2)C[C@@](C)(C(=O)NCc2ccc(F)cc2)N(C)C3=O)cc1. The predicted octanol–water partition coefficient (Wildman–Crippen LogP) is 2.51. The maximum absolute atomic E-state index is 13.1. The molecule has 1 aliphatic rings. The van der Waals surface area contributed by atoms with Gasteiger partial charge in [-0.05, 0) is 49.2 Å². The first-order chi connectivity index (χ1) is 17.2. The van der Waals surface area contributed by atoms with Crippen LogP contribution in [0.3, 0.4) is 0 Å². The van der Waals surface area contributed by atoms with Crippen molar-refractivity contribution in [1.82, 2.24) is 25.3 Å². The van der Waals surface area contributed by atoms with Crippen LogP contribution in [0.1, 0.15) is 46.0 Å². The molecule has 10 heteroatoms. The van der Waals surface area contributed by atoms with E-state index in [0.29, 0.717) is 6.61 Å². The van der Waals surface area contributed by atoms with Crippen molar-refractivity contribution >= 4 is 17.7 Å². The molecule has 0 radical (unpaired) electrons. The maximum atomic E-state index is 13.1. The number of aromatic nitrogens is 2. The summed E-state index contributed by atoms with van der Waals surface area (Å²) in [6.07, 6.45) is 0. The number of nitrogens with one attached hydrogen (secondary N) is 2. The van der Waals surface area contributed by atoms with Crippen LogP contribution in [0.2, 0.25) is 0 Å². The minimum absolute atomic E-state index is 0.0754. The first-order valence-corrected chi connectivity index (χ1v) is 11.6. The van der Waals surface area contributed by atoms with Gasteiger partial charge < -0.3 is 20.3 Å². The van der Waals surface area contributed by atoms with Gasteiger partial charge in [-0.1, -0.05) is 24.3 Å². The second-order valence-electron chi connectivity index (χ2n) is 8.78. The predicted molar refractivity (Wildman–Crippen MR) is 130 cm³/mol. The molecule has 36 heavy (non-hydrogen) atoms. The summed E-state index contributed by atoms with van der Waals surface area (Å²) in [4.78, 5) is 40.2. The molecule has 0 saturated carbocycles. The highest BCUT2D eigenvalue weighted by Crippen LogP contribution is 2.26. The molecule has 9 nitrogen and oxygen atoms in total. The number of ether oxygens (including phenoxy) is 1. The quantitative estimate of drug-likeness (QED) is 0.502. The van der Waals surface area contributed by atoms with Crippen LogP contribution < -0.4 is 15.4 Å². The third-order valence-corrected chi connectivity index (χ3v) is 6.28. The van der Waals surface area contributed by atoms with Crippen molar-refractivity contribution in [1.29, 1.82) is 0 Å². The Kier molecular flexibility index (Phi) is 7.05. The van der Waals surface area contributed by atoms with E-state index in [1.165, 1.54) is 27.8 Å². The Morgan fingerprint density at radius 1 is 1.06 bits per heavy atom. The van der Waals surface area contributed by atoms with Gasteiger partial charge in [0.05, 0.1) is 13.2 Å². The molecule has 4 rings (SSSR count). The lowest BCUT2D eigenvalue weighted by Crippen LogP contribution is -2.62. The molecule has 0 saturated heterocycles. The van der Waals surface area contributed by atoms with Crippen LogP contribution in [0.25, 0.3) is 0 Å². The third kappa shape index (κ3) is 5.07. The lowest BCUT2D eigenvalue weighted by Gasteiger charge is -2.40. The maximum Gasteiger partial charge on any atom is 0.272 e. The molecule has 0 aliphatic carbocycles. The standard InChI is InChI=1S/C26H28FN5O4/c1-4-36-20-11-7-18(8-12-20)14-28-23(33)21-13-22-24(34)31(3)26(2,16-32(22)30-21)25(35)29-15-17-5-9-19(27)10-6-17/h5-13H,4,14-16H2,1-3H3,(H,28,33)(H,29,35)/t26-/m0/s1. The average molecular weight is 494 g/mol. The number of nitrogens with zero attached hydrogens (tertiary/aromatic N) is 3. The van der Waals surface area contributed by atoms with Crippen LogP contribution in [-0.2, 0) is 24.4 Å². The fourth-order valence-electron chi connectivity index (χ4n) is 3.96. The van der Waals surface area contributed by atoms with Crippen molar-refractivity contribution in [2.24, 2.45) is 0 Å². The van der Waals surface area contributed by atoms with Crippen molar-refractivity contribution in [2.75, 3.05) is 13.7 Å². The van der Waals surface area contributed by atoms with Crippen LogP contribution >= 0.6 is 0 Å². The van der Waals surface area contributed by atoms with Gasteiger partial charge in [-0.25, -0.2) is 4.39 Å². The van der Waals surface area contributed by atoms with Crippen molar-refractivity contribution in [3.05, 3.63) is 82.9 Å². The van der Waals surface area contributed by atoms with Crippen LogP contribution in [-0.4, -0.2) is 51.6 Å². The number of amides is 3. The van der Waals surface area contributed by atoms with Gasteiger partial charge in [0.15, 0.2) is 5.69 Å². The Labute approximate surface area is 208 Å². The lowest BCUT2D eigenvalue weighted by molar-refractivity contribution is -0.132. The topological polar surface area (TPSA) is 106 Å². The van der Waals surface area contributed by atoms with Crippen LogP contribution in [0.5, 0.6) is 5.75 Å². The van der Waals surface area contributed by atoms with Gasteiger partial charge >= 0.3 is 0 Å². The Morgan fingerprint density at radius 2 is 1.67 bits per heavy atom. The van der Waals surface area contributed by atoms with E-state index < -0.39 is 17.4 Å². The molecule has 188 valence electrons. The number of carbonyl (C=O) groups is 3. The number of hydrogen-bond acceptors (Lipinski definition) is 5. The molecule has 0 spiro atoms. The van der Waals surface area contributed by atoms with E-state index in [1.54, 1.807) is 26.1 Å². The number of rotatable bonds is 8. The van der Waals surface area contributed by atoms with Crippen molar-refractivity contribution in [3.8, 4) is 5.75 Å². The molecule has 2 aromatic carbocycles. The Hall–Kier alpha value is -4.21. The van der Waals surface area contributed by atoms with E-state index in [2.05, 4.69) is 15.7 Å². The van der Waals surface area contributed by atoms with Crippen molar-refractivity contribution in [3.63, 3.8) is 0 Å². The first-order valence-electron chi connectivity index (χ1n) is 11.6. The molecular weight excluding hydrogens is 465 g/mol. The van der Waals surface area contributed by atoms with Gasteiger partial charge in [-0.3, -0.25) is 19.1 Å². The lowest BCUT2D eigenvalue weighted by atomic mass is 9.96. The molecule has 1 aromatic heterocycles. The number of benzene rings is 2. The van der Waals surface area contributed by atoms with Crippen LogP contribution in [0.15, 0.2) is 54.6 Å². The molecule has 3 amide bonds. The van der Waals surface area contributed by atoms with E-state index in [1.807, 2.05) is 31.2 Å². The Bertz CT molecular complexity index is 1270. The molecule has 1 aliphatic heterocycles. The molecule has 0 unspecified atom stereocenters. The van der Waals surface area contributed by atoms with Gasteiger partial charge in [0.2, 0.25) is 5.91 Å². The fraction of sp³-hybridized carbons (Fsp3) is 0.308. The summed E-state index contributed by atoms with van der Waals surface area (Å²) < 4.78 is 19.9. The molecule has 1 atom stereocenters. The van der Waals surface area contributed by atoms with E-state index >= 15 is 0 Å². The zero-order valence-corrected chi connectivity index (χ0v) is 20.4. The molecule has 2 N–H and O–H groups in total. The minimum atomic E-state index is -1.23. The zero-order chi connectivity index (χ0) is 25.9. The van der Waals surface area contributed by atoms with Crippen molar-refractivity contribution < 1.29 is 23.5 Å². The normalized spacial score (nSPS) is 16.9. The second-order valence-corrected chi connectivity index (χ2v) is 8.78. The third-order valence-electron chi connectivity index (χ3n) is 6.28. The summed E-state index contributed by atoms with van der Waals surface area (Å²) >= 11 is 0. The van der Waals surface area contributed by atoms with Gasteiger partial charge in [0, 0.05) is 26.2 Å². The molecule has 3 aromatic rings. The molecule has 2 heterocycles. The van der Waals surface area contributed by atoms with E-state index in [-0.39, 0.29) is 42.7 Å². The highest BCUT2D eigenvalue weighted by atomic mass is 19.1. The summed E-state index contributed by atoms with van der Waals surface area (Å²) in [5.41, 5.74) is 0.703. The Morgan fingerprint density at radius 3 is 2.31 bits per heavy atom. The van der Waals surface area contributed by atoms with E-state index in [9.17, 15) is 18.8 Å². The summed E-state index contributed by atoms with van der Waals surface area (Å²) in [5, 5.41) is 9.91. The number of fused-ring (bicyclic) bond motifs is 1. The zero-order valence-electron chi connectivity index (χ0n) is 20.4. The molecular formula is C26H28FN5O4. The van der Waals surface area contributed by atoms with E-state index in [4.69, 9.17) is 4.74 Å². The molecule has 0 bridgehead atoms. The summed E-state index contributed by atoms with van der Waals surface area (Å²) in [7, 11) is 1.54.